The van der Waals surface area contributed by atoms with Crippen LogP contribution in [0.5, 0.6) is 0 Å². The molecular weight excluding hydrogens is 335 g/mol. The molecule has 3 aromatic rings. The summed E-state index contributed by atoms with van der Waals surface area (Å²) in [7, 11) is -3.17. The first-order valence-electron chi connectivity index (χ1n) is 7.54. The van der Waals surface area contributed by atoms with Crippen molar-refractivity contribution in [3.63, 3.8) is 0 Å². The normalized spacial score (nSPS) is 13.8. The zero-order valence-electron chi connectivity index (χ0n) is 13.2. The van der Waals surface area contributed by atoms with Gasteiger partial charge in [0.05, 0.1) is 6.07 Å². The molecule has 5 heteroatoms. The lowest BCUT2D eigenvalue weighted by molar-refractivity contribution is 0.537. The van der Waals surface area contributed by atoms with Crippen molar-refractivity contribution in [3.8, 4) is 6.07 Å². The van der Waals surface area contributed by atoms with Gasteiger partial charge in [-0.1, -0.05) is 42.5 Å². The summed E-state index contributed by atoms with van der Waals surface area (Å²) in [6.45, 7) is 1.78. The Balaban J connectivity index is 2.14. The Labute approximate surface area is 146 Å². The van der Waals surface area contributed by atoms with E-state index in [1.807, 2.05) is 78.2 Å². The van der Waals surface area contributed by atoms with Crippen molar-refractivity contribution in [1.29, 1.82) is 5.26 Å². The van der Waals surface area contributed by atoms with E-state index in [1.54, 1.807) is 6.92 Å². The number of benzene rings is 2. The van der Waals surface area contributed by atoms with E-state index in [4.69, 9.17) is 0 Å². The first-order valence-corrected chi connectivity index (χ1v) is 10.1. The summed E-state index contributed by atoms with van der Waals surface area (Å²) in [4.78, 5) is 0.845. The van der Waals surface area contributed by atoms with E-state index in [0.717, 1.165) is 4.88 Å². The summed E-state index contributed by atoms with van der Waals surface area (Å²) in [5.74, 6) is 0. The van der Waals surface area contributed by atoms with Crippen molar-refractivity contribution in [2.45, 2.75) is 12.5 Å². The summed E-state index contributed by atoms with van der Waals surface area (Å²) in [5, 5.41) is 16.3. The van der Waals surface area contributed by atoms with Crippen LogP contribution in [0.25, 0.3) is 0 Å². The maximum Gasteiger partial charge on any atom is 0.206 e. The second-order valence-corrected chi connectivity index (χ2v) is 9.03. The van der Waals surface area contributed by atoms with Crippen molar-refractivity contribution in [2.75, 3.05) is 0 Å². The lowest BCUT2D eigenvalue weighted by Gasteiger charge is -2.29. The SMILES string of the molecule is CC(C#N)(NP(=O)(c1ccccc1)c1ccccc1)c1cccs1. The van der Waals surface area contributed by atoms with Gasteiger partial charge < -0.3 is 0 Å². The van der Waals surface area contributed by atoms with Crippen molar-refractivity contribution in [2.24, 2.45) is 0 Å². The lowest BCUT2D eigenvalue weighted by Crippen LogP contribution is -2.40. The second-order valence-electron chi connectivity index (χ2n) is 5.61. The number of hydrogen-bond acceptors (Lipinski definition) is 3. The van der Waals surface area contributed by atoms with E-state index in [0.29, 0.717) is 10.6 Å². The van der Waals surface area contributed by atoms with Crippen LogP contribution in [-0.2, 0) is 10.1 Å². The molecule has 24 heavy (non-hydrogen) atoms. The van der Waals surface area contributed by atoms with Gasteiger partial charge in [-0.05, 0) is 42.6 Å². The smallest absolute Gasteiger partial charge is 0.206 e. The number of thiophene rings is 1. The van der Waals surface area contributed by atoms with E-state index < -0.39 is 12.8 Å². The molecule has 0 saturated heterocycles. The molecule has 0 amide bonds. The standard InChI is InChI=1S/C19H17N2OPS/c1-19(15-20,18-13-8-14-24-18)21-23(22,16-9-4-2-5-10-16)17-11-6-3-7-12-17/h2-14H,1H3,(H,21,22). The van der Waals surface area contributed by atoms with Crippen LogP contribution >= 0.6 is 18.6 Å². The highest BCUT2D eigenvalue weighted by molar-refractivity contribution is 7.77. The van der Waals surface area contributed by atoms with Gasteiger partial charge in [0.15, 0.2) is 0 Å². The van der Waals surface area contributed by atoms with Gasteiger partial charge in [0, 0.05) is 15.5 Å². The molecule has 0 saturated carbocycles. The molecule has 3 nitrogen and oxygen atoms in total. The number of nitrogens with one attached hydrogen (secondary N) is 1. The lowest BCUT2D eigenvalue weighted by atomic mass is 10.1. The molecule has 3 rings (SSSR count). The Morgan fingerprint density at radius 1 is 0.958 bits per heavy atom. The average molecular weight is 352 g/mol. The van der Waals surface area contributed by atoms with Crippen LogP contribution in [0, 0.1) is 11.3 Å². The predicted molar refractivity (Wildman–Crippen MR) is 100 cm³/mol. The van der Waals surface area contributed by atoms with E-state index in [2.05, 4.69) is 11.2 Å². The largest absolute Gasteiger partial charge is 0.296 e. The molecule has 0 radical (unpaired) electrons. The third-order valence-corrected chi connectivity index (χ3v) is 7.76. The quantitative estimate of drug-likeness (QED) is 0.706. The fourth-order valence-electron chi connectivity index (χ4n) is 2.57. The molecule has 0 aliphatic rings. The van der Waals surface area contributed by atoms with Crippen molar-refractivity contribution in [3.05, 3.63) is 83.1 Å². The fraction of sp³-hybridized carbons (Fsp3) is 0.105. The topological polar surface area (TPSA) is 52.9 Å². The summed E-state index contributed by atoms with van der Waals surface area (Å²) >= 11 is 1.48. The predicted octanol–water partition coefficient (Wildman–Crippen LogP) is 4.01. The van der Waals surface area contributed by atoms with Crippen LogP contribution in [0.1, 0.15) is 11.8 Å². The van der Waals surface area contributed by atoms with Gasteiger partial charge in [-0.2, -0.15) is 5.26 Å². The highest BCUT2D eigenvalue weighted by Gasteiger charge is 2.38. The number of hydrogen-bond donors (Lipinski definition) is 1. The highest BCUT2D eigenvalue weighted by Crippen LogP contribution is 2.44. The summed E-state index contributed by atoms with van der Waals surface area (Å²) in [6.07, 6.45) is 0. The third kappa shape index (κ3) is 3.07. The Bertz CT molecular complexity index is 845. The molecule has 1 aromatic heterocycles. The Hall–Kier alpha value is -2.18. The van der Waals surface area contributed by atoms with Crippen LogP contribution in [0.2, 0.25) is 0 Å². The molecule has 1 unspecified atom stereocenters. The van der Waals surface area contributed by atoms with Crippen molar-refractivity contribution < 1.29 is 4.57 Å². The van der Waals surface area contributed by atoms with Gasteiger partial charge in [0.1, 0.15) is 5.54 Å². The molecular formula is C19H17N2OPS. The number of nitriles is 1. The number of nitrogens with zero attached hydrogens (tertiary/aromatic N) is 1. The maximum absolute atomic E-state index is 14.0. The zero-order valence-corrected chi connectivity index (χ0v) is 14.9. The Kier molecular flexibility index (Phi) is 4.69. The molecule has 0 bridgehead atoms. The minimum Gasteiger partial charge on any atom is -0.296 e. The van der Waals surface area contributed by atoms with Crippen LogP contribution < -0.4 is 15.7 Å². The van der Waals surface area contributed by atoms with Gasteiger partial charge in [-0.3, -0.25) is 4.57 Å². The monoisotopic (exact) mass is 352 g/mol. The van der Waals surface area contributed by atoms with Crippen LogP contribution in [-0.4, -0.2) is 0 Å². The summed E-state index contributed by atoms with van der Waals surface area (Å²) in [5.41, 5.74) is -1.03. The van der Waals surface area contributed by atoms with Gasteiger partial charge in [0.25, 0.3) is 0 Å². The Morgan fingerprint density at radius 3 is 1.92 bits per heavy atom. The van der Waals surface area contributed by atoms with Crippen LogP contribution in [0.4, 0.5) is 0 Å². The van der Waals surface area contributed by atoms with Gasteiger partial charge >= 0.3 is 0 Å². The number of rotatable bonds is 5. The minimum atomic E-state index is -3.17. The molecule has 1 atom stereocenters. The first kappa shape index (κ1) is 16.7. The minimum absolute atomic E-state index is 0.689. The highest BCUT2D eigenvalue weighted by atomic mass is 32.1. The molecule has 0 aliphatic carbocycles. The zero-order chi connectivity index (χ0) is 17.0. The van der Waals surface area contributed by atoms with Crippen LogP contribution in [0.3, 0.4) is 0 Å². The molecule has 1 heterocycles. The Morgan fingerprint density at radius 2 is 1.50 bits per heavy atom. The summed E-state index contributed by atoms with van der Waals surface area (Å²) < 4.78 is 14.0. The van der Waals surface area contributed by atoms with E-state index in [1.165, 1.54) is 11.3 Å². The summed E-state index contributed by atoms with van der Waals surface area (Å²) in [6, 6.07) is 24.7. The molecule has 120 valence electrons. The van der Waals surface area contributed by atoms with E-state index in [9.17, 15) is 9.83 Å². The molecule has 0 spiro atoms. The van der Waals surface area contributed by atoms with Crippen molar-refractivity contribution in [1.82, 2.24) is 5.09 Å². The third-order valence-electron chi connectivity index (χ3n) is 3.86. The second kappa shape index (κ2) is 6.75. The van der Waals surface area contributed by atoms with Crippen molar-refractivity contribution >= 4 is 29.2 Å². The van der Waals surface area contributed by atoms with Gasteiger partial charge in [-0.25, -0.2) is 5.09 Å². The van der Waals surface area contributed by atoms with Gasteiger partial charge in [0.2, 0.25) is 7.29 Å². The molecule has 0 fully saturated rings. The van der Waals surface area contributed by atoms with Crippen LogP contribution in [0.15, 0.2) is 78.2 Å². The van der Waals surface area contributed by atoms with E-state index >= 15 is 0 Å². The van der Waals surface area contributed by atoms with E-state index in [-0.39, 0.29) is 0 Å². The average Bonchev–Trinajstić information content (AvgIpc) is 3.18. The first-order chi connectivity index (χ1) is 11.6. The molecule has 1 N–H and O–H groups in total. The molecule has 0 aliphatic heterocycles. The molecule has 2 aromatic carbocycles. The maximum atomic E-state index is 14.0. The van der Waals surface area contributed by atoms with Gasteiger partial charge in [-0.15, -0.1) is 11.3 Å². The fourth-order valence-corrected chi connectivity index (χ4v) is 5.98.